The van der Waals surface area contributed by atoms with E-state index >= 15 is 0 Å². The van der Waals surface area contributed by atoms with Gasteiger partial charge in [0.05, 0.1) is 25.6 Å². The molecule has 2 heterocycles. The van der Waals surface area contributed by atoms with Crippen molar-refractivity contribution in [1.29, 1.82) is 0 Å². The third-order valence-electron chi connectivity index (χ3n) is 5.54. The molecule has 27 heavy (non-hydrogen) atoms. The summed E-state index contributed by atoms with van der Waals surface area (Å²) in [7, 11) is 3.49. The van der Waals surface area contributed by atoms with Crippen LogP contribution in [0.2, 0.25) is 0 Å². The van der Waals surface area contributed by atoms with Crippen molar-refractivity contribution in [3.63, 3.8) is 0 Å². The summed E-state index contributed by atoms with van der Waals surface area (Å²) >= 11 is 0. The summed E-state index contributed by atoms with van der Waals surface area (Å²) in [5.74, 6) is 0.881. The summed E-state index contributed by atoms with van der Waals surface area (Å²) < 4.78 is 10.8. The zero-order valence-corrected chi connectivity index (χ0v) is 16.1. The molecule has 0 saturated carbocycles. The number of piperidine rings is 1. The van der Waals surface area contributed by atoms with Crippen LogP contribution in [0.4, 0.5) is 0 Å². The Kier molecular flexibility index (Phi) is 5.41. The number of nitrogens with zero attached hydrogens (tertiary/aromatic N) is 2. The summed E-state index contributed by atoms with van der Waals surface area (Å²) in [5, 5.41) is 9.93. The van der Waals surface area contributed by atoms with Crippen LogP contribution in [0.5, 0.6) is 5.75 Å². The predicted octanol–water partition coefficient (Wildman–Crippen LogP) is 4.24. The van der Waals surface area contributed by atoms with Gasteiger partial charge in [-0.25, -0.2) is 0 Å². The molecule has 142 valence electrons. The van der Waals surface area contributed by atoms with E-state index in [0.717, 1.165) is 31.1 Å². The predicted molar refractivity (Wildman–Crippen MR) is 108 cm³/mol. The van der Waals surface area contributed by atoms with Crippen LogP contribution in [0.15, 0.2) is 42.6 Å². The van der Waals surface area contributed by atoms with Gasteiger partial charge in [0.2, 0.25) is 0 Å². The second-order valence-corrected chi connectivity index (χ2v) is 7.27. The Morgan fingerprint density at radius 1 is 1.11 bits per heavy atom. The Balaban J connectivity index is 1.60. The molecule has 0 spiro atoms. The molecule has 0 bridgehead atoms. The van der Waals surface area contributed by atoms with Gasteiger partial charge in [-0.1, -0.05) is 24.6 Å². The van der Waals surface area contributed by atoms with Crippen LogP contribution >= 0.6 is 0 Å². The van der Waals surface area contributed by atoms with Gasteiger partial charge in [0.15, 0.2) is 0 Å². The number of ether oxygens (including phenoxy) is 2. The topological polar surface area (TPSA) is 50.4 Å². The van der Waals surface area contributed by atoms with Gasteiger partial charge in [-0.2, -0.15) is 5.10 Å². The minimum atomic E-state index is 0.496. The molecule has 1 saturated heterocycles. The zero-order valence-electron chi connectivity index (χ0n) is 16.1. The summed E-state index contributed by atoms with van der Waals surface area (Å²) in [6.45, 7) is 2.82. The first-order chi connectivity index (χ1) is 13.3. The van der Waals surface area contributed by atoms with Crippen LogP contribution in [0, 0.1) is 0 Å². The van der Waals surface area contributed by atoms with E-state index in [0.29, 0.717) is 6.04 Å². The average Bonchev–Trinajstić information content (AvgIpc) is 3.17. The maximum absolute atomic E-state index is 5.44. The lowest BCUT2D eigenvalue weighted by atomic mass is 10.00. The molecule has 0 radical (unpaired) electrons. The first-order valence-corrected chi connectivity index (χ1v) is 9.62. The number of rotatable bonds is 6. The zero-order chi connectivity index (χ0) is 18.6. The van der Waals surface area contributed by atoms with E-state index in [1.807, 2.05) is 12.3 Å². The molecular formula is C22H27N3O2. The number of benzene rings is 2. The molecule has 1 N–H and O–H groups in total. The molecule has 1 aliphatic rings. The highest BCUT2D eigenvalue weighted by Gasteiger charge is 2.23. The van der Waals surface area contributed by atoms with Crippen LogP contribution < -0.4 is 4.74 Å². The Labute approximate surface area is 160 Å². The summed E-state index contributed by atoms with van der Waals surface area (Å²) in [4.78, 5) is 2.53. The van der Waals surface area contributed by atoms with Gasteiger partial charge in [0.1, 0.15) is 5.75 Å². The Morgan fingerprint density at radius 3 is 2.81 bits per heavy atom. The maximum atomic E-state index is 5.44. The highest BCUT2D eigenvalue weighted by atomic mass is 16.5. The second kappa shape index (κ2) is 8.11. The van der Waals surface area contributed by atoms with Crippen molar-refractivity contribution in [2.24, 2.45) is 0 Å². The average molecular weight is 365 g/mol. The van der Waals surface area contributed by atoms with Gasteiger partial charge in [0, 0.05) is 30.8 Å². The van der Waals surface area contributed by atoms with E-state index in [-0.39, 0.29) is 0 Å². The van der Waals surface area contributed by atoms with Crippen LogP contribution in [-0.4, -0.2) is 48.5 Å². The normalized spacial score (nSPS) is 18.1. The second-order valence-electron chi connectivity index (χ2n) is 7.27. The standard InChI is InChI=1S/C22H27N3O2/c1-26-15-20-5-3-4-10-25(20)14-19-13-23-24-22(19)18-7-6-17-12-21(27-2)9-8-16(17)11-18/h6-9,11-13,20H,3-5,10,14-15H2,1-2H3,(H,23,24)/t20-/m0/s1. The van der Waals surface area contributed by atoms with Crippen molar-refractivity contribution in [2.45, 2.75) is 31.8 Å². The highest BCUT2D eigenvalue weighted by Crippen LogP contribution is 2.29. The molecule has 2 aromatic carbocycles. The lowest BCUT2D eigenvalue weighted by Gasteiger charge is -2.35. The molecule has 4 rings (SSSR count). The molecule has 1 atom stereocenters. The molecule has 5 nitrogen and oxygen atoms in total. The third kappa shape index (κ3) is 3.84. The number of methoxy groups -OCH3 is 2. The number of fused-ring (bicyclic) bond motifs is 1. The van der Waals surface area contributed by atoms with Gasteiger partial charge >= 0.3 is 0 Å². The fraction of sp³-hybridized carbons (Fsp3) is 0.409. The molecular weight excluding hydrogens is 338 g/mol. The highest BCUT2D eigenvalue weighted by molar-refractivity contribution is 5.88. The van der Waals surface area contributed by atoms with Crippen LogP contribution in [0.25, 0.3) is 22.0 Å². The number of H-pyrrole nitrogens is 1. The summed E-state index contributed by atoms with van der Waals surface area (Å²) in [6.07, 6.45) is 5.72. The SMILES string of the molecule is COC[C@@H]1CCCCN1Cc1cn[nH]c1-c1ccc2cc(OC)ccc2c1. The number of nitrogens with one attached hydrogen (secondary N) is 1. The molecule has 1 aliphatic heterocycles. The van der Waals surface area contributed by atoms with E-state index in [1.54, 1.807) is 14.2 Å². The molecule has 5 heteroatoms. The minimum Gasteiger partial charge on any atom is -0.497 e. The number of aromatic amines is 1. The minimum absolute atomic E-state index is 0.496. The molecule has 3 aromatic rings. The lowest BCUT2D eigenvalue weighted by Crippen LogP contribution is -2.41. The first kappa shape index (κ1) is 18.0. The largest absolute Gasteiger partial charge is 0.497 e. The van der Waals surface area contributed by atoms with E-state index < -0.39 is 0 Å². The molecule has 1 fully saturated rings. The van der Waals surface area contributed by atoms with Crippen LogP contribution in [-0.2, 0) is 11.3 Å². The molecule has 0 aliphatic carbocycles. The molecule has 0 unspecified atom stereocenters. The van der Waals surface area contributed by atoms with Gasteiger partial charge in [-0.15, -0.1) is 0 Å². The van der Waals surface area contributed by atoms with E-state index in [9.17, 15) is 0 Å². The number of hydrogen-bond donors (Lipinski definition) is 1. The lowest BCUT2D eigenvalue weighted by molar-refractivity contribution is 0.0601. The first-order valence-electron chi connectivity index (χ1n) is 9.62. The van der Waals surface area contributed by atoms with Crippen molar-refractivity contribution in [2.75, 3.05) is 27.4 Å². The van der Waals surface area contributed by atoms with Crippen molar-refractivity contribution in [3.8, 4) is 17.0 Å². The van der Waals surface area contributed by atoms with Gasteiger partial charge in [-0.3, -0.25) is 10.00 Å². The van der Waals surface area contributed by atoms with E-state index in [4.69, 9.17) is 9.47 Å². The quantitative estimate of drug-likeness (QED) is 0.710. The third-order valence-corrected chi connectivity index (χ3v) is 5.54. The summed E-state index contributed by atoms with van der Waals surface area (Å²) in [6, 6.07) is 13.2. The van der Waals surface area contributed by atoms with E-state index in [1.165, 1.54) is 41.2 Å². The van der Waals surface area contributed by atoms with Gasteiger partial charge in [0.25, 0.3) is 0 Å². The number of hydrogen-bond acceptors (Lipinski definition) is 4. The van der Waals surface area contributed by atoms with Crippen molar-refractivity contribution >= 4 is 10.8 Å². The van der Waals surface area contributed by atoms with Gasteiger partial charge < -0.3 is 9.47 Å². The van der Waals surface area contributed by atoms with E-state index in [2.05, 4.69) is 45.4 Å². The number of likely N-dealkylation sites (tertiary alicyclic amines) is 1. The monoisotopic (exact) mass is 365 g/mol. The number of aromatic nitrogens is 2. The fourth-order valence-corrected chi connectivity index (χ4v) is 4.06. The van der Waals surface area contributed by atoms with Crippen LogP contribution in [0.3, 0.4) is 0 Å². The fourth-order valence-electron chi connectivity index (χ4n) is 4.06. The van der Waals surface area contributed by atoms with Crippen molar-refractivity contribution in [3.05, 3.63) is 48.2 Å². The van der Waals surface area contributed by atoms with Crippen LogP contribution in [0.1, 0.15) is 24.8 Å². The van der Waals surface area contributed by atoms with Crippen molar-refractivity contribution < 1.29 is 9.47 Å². The maximum Gasteiger partial charge on any atom is 0.119 e. The summed E-state index contributed by atoms with van der Waals surface area (Å²) in [5.41, 5.74) is 3.51. The Hall–Kier alpha value is -2.37. The smallest absolute Gasteiger partial charge is 0.119 e. The molecule has 1 aromatic heterocycles. The van der Waals surface area contributed by atoms with Crippen molar-refractivity contribution in [1.82, 2.24) is 15.1 Å². The Bertz CT molecular complexity index is 903. The molecule has 0 amide bonds. The Morgan fingerprint density at radius 2 is 1.96 bits per heavy atom. The van der Waals surface area contributed by atoms with Gasteiger partial charge in [-0.05, 0) is 48.4 Å².